The van der Waals surface area contributed by atoms with Gasteiger partial charge in [-0.1, -0.05) is 0 Å². The minimum absolute atomic E-state index is 0.0229. The molecule has 0 saturated heterocycles. The molecule has 0 aliphatic rings. The smallest absolute Gasteiger partial charge is 0.335 e. The molecule has 1 aromatic rings. The van der Waals surface area contributed by atoms with E-state index in [2.05, 4.69) is 5.92 Å². The monoisotopic (exact) mass is 288 g/mol. The Morgan fingerprint density at radius 1 is 1.50 bits per heavy atom. The van der Waals surface area contributed by atoms with Gasteiger partial charge in [0.25, 0.3) is 9.05 Å². The van der Waals surface area contributed by atoms with E-state index in [-0.39, 0.29) is 22.8 Å². The first kappa shape index (κ1) is 14.4. The Hall–Kier alpha value is -1.71. The van der Waals surface area contributed by atoms with E-state index in [1.54, 1.807) is 0 Å². The normalized spacial score (nSPS) is 10.7. The predicted octanol–water partition coefficient (Wildman–Crippen LogP) is 1.71. The molecule has 0 aromatic heterocycles. The SMILES string of the molecule is C#CCCOc1ccc(C(=O)O)cc1S(=O)(=O)Cl. The highest BCUT2D eigenvalue weighted by molar-refractivity contribution is 8.13. The van der Waals surface area contributed by atoms with Gasteiger partial charge in [0.2, 0.25) is 0 Å². The van der Waals surface area contributed by atoms with Gasteiger partial charge in [0, 0.05) is 17.1 Å². The first-order valence-corrected chi connectivity index (χ1v) is 7.05. The number of rotatable bonds is 5. The molecule has 1 aromatic carbocycles. The highest BCUT2D eigenvalue weighted by Crippen LogP contribution is 2.28. The third-order valence-electron chi connectivity index (χ3n) is 1.96. The molecule has 1 N–H and O–H groups in total. The van der Waals surface area contributed by atoms with Crippen LogP contribution >= 0.6 is 10.7 Å². The van der Waals surface area contributed by atoms with Crippen LogP contribution in [0.5, 0.6) is 5.75 Å². The molecule has 0 unspecified atom stereocenters. The second kappa shape index (κ2) is 5.76. The third kappa shape index (κ3) is 3.65. The van der Waals surface area contributed by atoms with Gasteiger partial charge in [-0.15, -0.1) is 12.3 Å². The highest BCUT2D eigenvalue weighted by atomic mass is 35.7. The Balaban J connectivity index is 3.19. The molecule has 1 rings (SSSR count). The number of ether oxygens (including phenoxy) is 1. The van der Waals surface area contributed by atoms with Crippen molar-refractivity contribution < 1.29 is 23.1 Å². The fraction of sp³-hybridized carbons (Fsp3) is 0.182. The molecule has 7 heteroatoms. The lowest BCUT2D eigenvalue weighted by atomic mass is 10.2. The van der Waals surface area contributed by atoms with Gasteiger partial charge in [-0.25, -0.2) is 13.2 Å². The number of terminal acetylenes is 1. The van der Waals surface area contributed by atoms with Crippen LogP contribution in [0, 0.1) is 12.3 Å². The summed E-state index contributed by atoms with van der Waals surface area (Å²) in [5.41, 5.74) is -0.196. The standard InChI is InChI=1S/C11H9ClO5S/c1-2-3-6-17-9-5-4-8(11(13)14)7-10(9)18(12,15)16/h1,4-5,7H,3,6H2,(H,13,14). The quantitative estimate of drug-likeness (QED) is 0.507. The molecule has 0 aliphatic heterocycles. The maximum Gasteiger partial charge on any atom is 0.335 e. The Kier molecular flexibility index (Phi) is 4.59. The summed E-state index contributed by atoms with van der Waals surface area (Å²) in [4.78, 5) is 10.4. The number of carboxylic acids is 1. The lowest BCUT2D eigenvalue weighted by Gasteiger charge is -2.09. The molecule has 0 atom stereocenters. The van der Waals surface area contributed by atoms with E-state index in [4.69, 9.17) is 26.9 Å². The van der Waals surface area contributed by atoms with Gasteiger partial charge < -0.3 is 9.84 Å². The zero-order valence-corrected chi connectivity index (χ0v) is 10.7. The van der Waals surface area contributed by atoms with E-state index >= 15 is 0 Å². The third-order valence-corrected chi connectivity index (χ3v) is 3.30. The first-order chi connectivity index (χ1) is 8.36. The van der Waals surface area contributed by atoms with Crippen molar-refractivity contribution in [3.8, 4) is 18.1 Å². The molecule has 0 amide bonds. The lowest BCUT2D eigenvalue weighted by Crippen LogP contribution is -2.04. The maximum atomic E-state index is 11.3. The summed E-state index contributed by atoms with van der Waals surface area (Å²) in [6.07, 6.45) is 5.32. The van der Waals surface area contributed by atoms with Crippen molar-refractivity contribution in [2.45, 2.75) is 11.3 Å². The van der Waals surface area contributed by atoms with Crippen LogP contribution in [0.3, 0.4) is 0 Å². The molecular weight excluding hydrogens is 280 g/mol. The second-order valence-electron chi connectivity index (χ2n) is 3.21. The van der Waals surface area contributed by atoms with Crippen LogP contribution in [-0.4, -0.2) is 26.1 Å². The maximum absolute atomic E-state index is 11.3. The van der Waals surface area contributed by atoms with Crippen LogP contribution in [0.4, 0.5) is 0 Å². The molecule has 0 fully saturated rings. The number of hydrogen-bond donors (Lipinski definition) is 1. The van der Waals surface area contributed by atoms with Gasteiger partial charge in [-0.05, 0) is 18.2 Å². The van der Waals surface area contributed by atoms with Crippen molar-refractivity contribution in [3.05, 3.63) is 23.8 Å². The zero-order valence-electron chi connectivity index (χ0n) is 9.09. The molecule has 0 saturated carbocycles. The van der Waals surface area contributed by atoms with Crippen molar-refractivity contribution in [1.82, 2.24) is 0 Å². The molecule has 18 heavy (non-hydrogen) atoms. The topological polar surface area (TPSA) is 80.7 Å². The summed E-state index contributed by atoms with van der Waals surface area (Å²) in [7, 11) is 1.12. The number of benzene rings is 1. The van der Waals surface area contributed by atoms with Gasteiger partial charge in [0.15, 0.2) is 0 Å². The van der Waals surface area contributed by atoms with Crippen LogP contribution in [-0.2, 0) is 9.05 Å². The van der Waals surface area contributed by atoms with Gasteiger partial charge in [0.1, 0.15) is 10.6 Å². The zero-order chi connectivity index (χ0) is 13.8. The van der Waals surface area contributed by atoms with Crippen LogP contribution in [0.1, 0.15) is 16.8 Å². The molecule has 0 aliphatic carbocycles. The van der Waals surface area contributed by atoms with Crippen LogP contribution < -0.4 is 4.74 Å². The first-order valence-electron chi connectivity index (χ1n) is 4.74. The van der Waals surface area contributed by atoms with E-state index < -0.39 is 15.0 Å². The highest BCUT2D eigenvalue weighted by Gasteiger charge is 2.19. The van der Waals surface area contributed by atoms with Crippen molar-refractivity contribution >= 4 is 25.7 Å². The number of aromatic carboxylic acids is 1. The summed E-state index contributed by atoms with van der Waals surface area (Å²) >= 11 is 0. The van der Waals surface area contributed by atoms with Gasteiger partial charge in [-0.2, -0.15) is 0 Å². The molecule has 5 nitrogen and oxygen atoms in total. The predicted molar refractivity (Wildman–Crippen MR) is 65.4 cm³/mol. The minimum atomic E-state index is -4.09. The molecule has 0 heterocycles. The van der Waals surface area contributed by atoms with Crippen molar-refractivity contribution in [2.75, 3.05) is 6.61 Å². The summed E-state index contributed by atoms with van der Waals surface area (Å²) < 4.78 is 27.8. The Morgan fingerprint density at radius 3 is 2.67 bits per heavy atom. The van der Waals surface area contributed by atoms with E-state index in [9.17, 15) is 13.2 Å². The lowest BCUT2D eigenvalue weighted by molar-refractivity contribution is 0.0696. The Morgan fingerprint density at radius 2 is 2.17 bits per heavy atom. The van der Waals surface area contributed by atoms with Crippen LogP contribution in [0.15, 0.2) is 23.1 Å². The Labute approximate surface area is 109 Å². The fourth-order valence-electron chi connectivity index (χ4n) is 1.17. The molecular formula is C11H9ClO5S. The molecule has 0 spiro atoms. The number of halogens is 1. The summed E-state index contributed by atoms with van der Waals surface area (Å²) in [6.45, 7) is 0.113. The van der Waals surface area contributed by atoms with Crippen molar-refractivity contribution in [1.29, 1.82) is 0 Å². The number of carboxylic acid groups (broad SMARTS) is 1. The average molecular weight is 289 g/mol. The average Bonchev–Trinajstić information content (AvgIpc) is 2.28. The van der Waals surface area contributed by atoms with E-state index in [0.717, 1.165) is 6.07 Å². The van der Waals surface area contributed by atoms with Gasteiger partial charge in [0.05, 0.1) is 12.2 Å². The van der Waals surface area contributed by atoms with E-state index in [1.165, 1.54) is 12.1 Å². The van der Waals surface area contributed by atoms with Gasteiger partial charge in [-0.3, -0.25) is 0 Å². The molecule has 96 valence electrons. The fourth-order valence-corrected chi connectivity index (χ4v) is 2.17. The second-order valence-corrected chi connectivity index (χ2v) is 5.74. The van der Waals surface area contributed by atoms with Crippen LogP contribution in [0.25, 0.3) is 0 Å². The summed E-state index contributed by atoms with van der Waals surface area (Å²) in [6, 6.07) is 3.39. The van der Waals surface area contributed by atoms with Crippen LogP contribution in [0.2, 0.25) is 0 Å². The molecule has 0 radical (unpaired) electrons. The van der Waals surface area contributed by atoms with Crippen molar-refractivity contribution in [3.63, 3.8) is 0 Å². The van der Waals surface area contributed by atoms with E-state index in [0.29, 0.717) is 6.42 Å². The van der Waals surface area contributed by atoms with Crippen molar-refractivity contribution in [2.24, 2.45) is 0 Å². The number of hydrogen-bond acceptors (Lipinski definition) is 4. The minimum Gasteiger partial charge on any atom is -0.491 e. The summed E-state index contributed by atoms with van der Waals surface area (Å²) in [5, 5.41) is 8.77. The number of carbonyl (C=O) groups is 1. The molecule has 0 bridgehead atoms. The van der Waals surface area contributed by atoms with Gasteiger partial charge >= 0.3 is 5.97 Å². The largest absolute Gasteiger partial charge is 0.491 e. The summed E-state index contributed by atoms with van der Waals surface area (Å²) in [5.74, 6) is 1.04. The Bertz CT molecular complexity index is 600. The van der Waals surface area contributed by atoms with E-state index in [1.807, 2.05) is 0 Å².